The van der Waals surface area contributed by atoms with Gasteiger partial charge in [-0.1, -0.05) is 21.3 Å². The second-order valence-electron chi connectivity index (χ2n) is 4.00. The molecule has 0 saturated heterocycles. The summed E-state index contributed by atoms with van der Waals surface area (Å²) in [5, 5.41) is 0. The van der Waals surface area contributed by atoms with E-state index in [0.29, 0.717) is 0 Å². The van der Waals surface area contributed by atoms with Gasteiger partial charge in [-0.2, -0.15) is 0 Å². The molecule has 0 amide bonds. The highest BCUT2D eigenvalue weighted by Crippen LogP contribution is 1.85. The molecule has 0 unspecified atom stereocenters. The van der Waals surface area contributed by atoms with E-state index >= 15 is 0 Å². The average molecular weight is 294 g/mol. The van der Waals surface area contributed by atoms with Gasteiger partial charge in [0.15, 0.2) is 0 Å². The van der Waals surface area contributed by atoms with Gasteiger partial charge in [0.05, 0.1) is 11.9 Å². The first-order chi connectivity index (χ1) is 9.40. The molecule has 2 aromatic rings. The zero-order valence-electron chi connectivity index (χ0n) is 12.9. The van der Waals surface area contributed by atoms with Gasteiger partial charge in [-0.05, 0) is 19.4 Å². The number of aromatic nitrogens is 4. The largest absolute Gasteiger partial charge is 0.347 e. The van der Waals surface area contributed by atoms with Gasteiger partial charge >= 0.3 is 5.69 Å². The molecule has 0 aromatic carbocycles. The summed E-state index contributed by atoms with van der Waals surface area (Å²) in [7, 11) is 3.39. The van der Waals surface area contributed by atoms with Crippen molar-refractivity contribution in [1.82, 2.24) is 19.1 Å². The highest BCUT2D eigenvalue weighted by molar-refractivity contribution is 4.98. The molecular formula is C15H26N4O2. The Morgan fingerprint density at radius 1 is 0.905 bits per heavy atom. The van der Waals surface area contributed by atoms with Crippen molar-refractivity contribution < 1.29 is 0 Å². The first-order valence-corrected chi connectivity index (χ1v) is 6.38. The molecule has 118 valence electrons. The maximum absolute atomic E-state index is 10.7. The van der Waals surface area contributed by atoms with Crippen LogP contribution >= 0.6 is 0 Å². The van der Waals surface area contributed by atoms with Gasteiger partial charge in [-0.25, -0.2) is 9.78 Å². The quantitative estimate of drug-likeness (QED) is 0.743. The van der Waals surface area contributed by atoms with Crippen LogP contribution in [0.25, 0.3) is 0 Å². The van der Waals surface area contributed by atoms with E-state index in [1.807, 2.05) is 27.7 Å². The molecule has 0 aliphatic heterocycles. The van der Waals surface area contributed by atoms with Gasteiger partial charge in [0.25, 0.3) is 5.56 Å². The van der Waals surface area contributed by atoms with Crippen LogP contribution in [-0.4, -0.2) is 19.1 Å². The Morgan fingerprint density at radius 3 is 1.86 bits per heavy atom. The average Bonchev–Trinajstić information content (AvgIpc) is 2.42. The van der Waals surface area contributed by atoms with Gasteiger partial charge < -0.3 is 9.13 Å². The molecule has 0 aliphatic carbocycles. The van der Waals surface area contributed by atoms with Crippen molar-refractivity contribution in [3.63, 3.8) is 0 Å². The van der Waals surface area contributed by atoms with E-state index in [2.05, 4.69) is 9.97 Å². The fraction of sp³-hybridized carbons (Fsp3) is 0.467. The van der Waals surface area contributed by atoms with E-state index < -0.39 is 0 Å². The van der Waals surface area contributed by atoms with Crippen LogP contribution < -0.4 is 11.2 Å². The molecule has 2 heterocycles. The third-order valence-corrected chi connectivity index (χ3v) is 2.18. The lowest BCUT2D eigenvalue weighted by atomic mass is 10.4. The van der Waals surface area contributed by atoms with Gasteiger partial charge in [0.1, 0.15) is 0 Å². The van der Waals surface area contributed by atoms with Crippen molar-refractivity contribution in [1.29, 1.82) is 0 Å². The fourth-order valence-electron chi connectivity index (χ4n) is 1.27. The van der Waals surface area contributed by atoms with E-state index in [1.165, 1.54) is 15.3 Å². The molecule has 6 nitrogen and oxygen atoms in total. The van der Waals surface area contributed by atoms with E-state index in [9.17, 15) is 9.59 Å². The maximum atomic E-state index is 10.7. The maximum Gasteiger partial charge on any atom is 0.347 e. The lowest BCUT2D eigenvalue weighted by Gasteiger charge is -1.94. The topological polar surface area (TPSA) is 69.8 Å². The zero-order chi connectivity index (χ0) is 15.7. The van der Waals surface area contributed by atoms with Crippen LogP contribution in [0.3, 0.4) is 0 Å². The molecule has 0 fully saturated rings. The highest BCUT2D eigenvalue weighted by Gasteiger charge is 1.88. The summed E-state index contributed by atoms with van der Waals surface area (Å²) in [6.45, 7) is 7.74. The summed E-state index contributed by atoms with van der Waals surface area (Å²) >= 11 is 0. The van der Waals surface area contributed by atoms with Crippen LogP contribution in [0.5, 0.6) is 0 Å². The monoisotopic (exact) mass is 294 g/mol. The Hall–Kier alpha value is -2.24. The zero-order valence-corrected chi connectivity index (χ0v) is 12.9. The highest BCUT2D eigenvalue weighted by atomic mass is 16.1. The van der Waals surface area contributed by atoms with Crippen LogP contribution in [-0.2, 0) is 14.1 Å². The first-order valence-electron chi connectivity index (χ1n) is 6.38. The molecule has 0 atom stereocenters. The molecule has 0 radical (unpaired) electrons. The van der Waals surface area contributed by atoms with Gasteiger partial charge in [0.2, 0.25) is 0 Å². The van der Waals surface area contributed by atoms with Crippen molar-refractivity contribution in [2.24, 2.45) is 14.1 Å². The molecule has 2 aromatic heterocycles. The summed E-state index contributed by atoms with van der Waals surface area (Å²) < 4.78 is 2.96. The SMILES string of the molecule is C.CC.Cc1cn(C)c(=O)cn1.Cc1cnc(=O)n(C)c1. The third kappa shape index (κ3) is 7.81. The molecule has 0 aliphatic rings. The molecule has 6 heteroatoms. The lowest BCUT2D eigenvalue weighted by Crippen LogP contribution is -2.18. The van der Waals surface area contributed by atoms with Crippen LogP contribution in [0, 0.1) is 13.8 Å². The van der Waals surface area contributed by atoms with Gasteiger partial charge in [0, 0.05) is 32.7 Å². The first kappa shape index (κ1) is 21.1. The van der Waals surface area contributed by atoms with Gasteiger partial charge in [-0.3, -0.25) is 9.78 Å². The van der Waals surface area contributed by atoms with Crippen molar-refractivity contribution >= 4 is 0 Å². The summed E-state index contributed by atoms with van der Waals surface area (Å²) in [5.74, 6) is 0. The number of hydrogen-bond acceptors (Lipinski definition) is 4. The Morgan fingerprint density at radius 2 is 1.48 bits per heavy atom. The molecular weight excluding hydrogens is 268 g/mol. The Labute approximate surface area is 126 Å². The molecule has 0 spiro atoms. The molecule has 2 rings (SSSR count). The predicted molar refractivity (Wildman–Crippen MR) is 86.5 cm³/mol. The minimum absolute atomic E-state index is 0. The minimum atomic E-state index is -0.208. The molecule has 21 heavy (non-hydrogen) atoms. The van der Waals surface area contributed by atoms with Crippen LogP contribution in [0.2, 0.25) is 0 Å². The van der Waals surface area contributed by atoms with Crippen LogP contribution in [0.4, 0.5) is 0 Å². The lowest BCUT2D eigenvalue weighted by molar-refractivity contribution is 0.801. The summed E-state index contributed by atoms with van der Waals surface area (Å²) in [5.41, 5.74) is 1.58. The summed E-state index contributed by atoms with van der Waals surface area (Å²) in [6.07, 6.45) is 6.31. The van der Waals surface area contributed by atoms with Crippen molar-refractivity contribution in [3.8, 4) is 0 Å². The van der Waals surface area contributed by atoms with Crippen molar-refractivity contribution in [2.45, 2.75) is 35.1 Å². The number of hydrogen-bond donors (Lipinski definition) is 0. The van der Waals surface area contributed by atoms with Crippen molar-refractivity contribution in [3.05, 3.63) is 56.9 Å². The fourth-order valence-corrected chi connectivity index (χ4v) is 1.27. The van der Waals surface area contributed by atoms with E-state index in [1.54, 1.807) is 32.7 Å². The Kier molecular flexibility index (Phi) is 10.6. The van der Waals surface area contributed by atoms with Gasteiger partial charge in [-0.15, -0.1) is 0 Å². The Bertz CT molecular complexity index is 587. The van der Waals surface area contributed by atoms with Crippen LogP contribution in [0.15, 0.2) is 34.4 Å². The van der Waals surface area contributed by atoms with Crippen LogP contribution in [0.1, 0.15) is 32.5 Å². The standard InChI is InChI=1S/2C6H8N2O.C2H6.CH4/c1-5-4-8(2)6(9)3-7-5;1-5-3-7-6(9)8(2)4-5;1-2;/h2*3-4H,1-2H3;1-2H3;1H4. The second-order valence-corrected chi connectivity index (χ2v) is 4.00. The number of nitrogens with zero attached hydrogens (tertiary/aromatic N) is 4. The predicted octanol–water partition coefficient (Wildman–Crippen LogP) is 1.84. The molecule has 0 N–H and O–H groups in total. The van der Waals surface area contributed by atoms with E-state index in [-0.39, 0.29) is 18.7 Å². The normalized spacial score (nSPS) is 8.48. The third-order valence-electron chi connectivity index (χ3n) is 2.18. The number of aryl methyl sites for hydroxylation is 4. The van der Waals surface area contributed by atoms with Crippen molar-refractivity contribution in [2.75, 3.05) is 0 Å². The molecule has 0 bridgehead atoms. The summed E-state index contributed by atoms with van der Waals surface area (Å²) in [6, 6.07) is 0. The Balaban J connectivity index is 0. The minimum Gasteiger partial charge on any atom is -0.315 e. The molecule has 0 saturated carbocycles. The second kappa shape index (κ2) is 10.5. The smallest absolute Gasteiger partial charge is 0.315 e. The summed E-state index contributed by atoms with van der Waals surface area (Å²) in [4.78, 5) is 28.7. The van der Waals surface area contributed by atoms with E-state index in [0.717, 1.165) is 11.3 Å². The number of rotatable bonds is 0. The van der Waals surface area contributed by atoms with E-state index in [4.69, 9.17) is 0 Å².